The van der Waals surface area contributed by atoms with Gasteiger partial charge in [0.2, 0.25) is 11.9 Å². The number of morpholine rings is 1. The lowest BCUT2D eigenvalue weighted by molar-refractivity contribution is -0.129. The summed E-state index contributed by atoms with van der Waals surface area (Å²) in [4.78, 5) is 34.7. The molecule has 0 aliphatic carbocycles. The van der Waals surface area contributed by atoms with Gasteiger partial charge in [0, 0.05) is 31.9 Å². The first-order chi connectivity index (χ1) is 16.4. The summed E-state index contributed by atoms with van der Waals surface area (Å²) in [5.74, 6) is 0.386. The zero-order valence-corrected chi connectivity index (χ0v) is 19.8. The zero-order valence-electron chi connectivity index (χ0n) is 18.3. The molecule has 2 N–H and O–H groups in total. The molecule has 1 aliphatic rings. The number of carbonyl (C=O) groups is 1. The van der Waals surface area contributed by atoms with Gasteiger partial charge in [-0.3, -0.25) is 9.59 Å². The fraction of sp³-hybridized carbons (Fsp3) is 0.208. The van der Waals surface area contributed by atoms with E-state index in [1.165, 1.54) is 6.08 Å². The first-order valence-corrected chi connectivity index (χ1v) is 11.5. The van der Waals surface area contributed by atoms with E-state index in [9.17, 15) is 9.59 Å². The number of aromatic nitrogens is 3. The van der Waals surface area contributed by atoms with Gasteiger partial charge in [0.05, 0.1) is 45.4 Å². The van der Waals surface area contributed by atoms with Crippen molar-refractivity contribution in [3.8, 4) is 0 Å². The quantitative estimate of drug-likeness (QED) is 0.409. The minimum absolute atomic E-state index is 0.111. The first kappa shape index (κ1) is 22.5. The number of benzene rings is 2. The molecule has 1 amide bonds. The van der Waals surface area contributed by atoms with Crippen LogP contribution in [0.2, 0.25) is 10.0 Å². The number of anilines is 2. The molecule has 0 bridgehead atoms. The summed E-state index contributed by atoms with van der Waals surface area (Å²) in [6.07, 6.45) is 3.10. The third-order valence-corrected chi connectivity index (χ3v) is 6.42. The summed E-state index contributed by atoms with van der Waals surface area (Å²) < 4.78 is 7.07. The molecule has 1 fully saturated rings. The number of rotatable bonds is 4. The molecule has 1 saturated heterocycles. The van der Waals surface area contributed by atoms with E-state index >= 15 is 0 Å². The van der Waals surface area contributed by atoms with E-state index in [2.05, 4.69) is 15.3 Å². The number of amides is 1. The molecule has 34 heavy (non-hydrogen) atoms. The molecule has 2 aromatic carbocycles. The molecule has 8 nitrogen and oxygen atoms in total. The maximum atomic E-state index is 13.1. The summed E-state index contributed by atoms with van der Waals surface area (Å²) in [6, 6.07) is 10.8. The number of ether oxygens (including phenoxy) is 1. The highest BCUT2D eigenvalue weighted by Crippen LogP contribution is 2.34. The van der Waals surface area contributed by atoms with Crippen molar-refractivity contribution in [2.45, 2.75) is 0 Å². The number of carbonyl (C=O) groups excluding carboxylic acids is 1. The molecule has 174 valence electrons. The van der Waals surface area contributed by atoms with Crippen molar-refractivity contribution in [2.75, 3.05) is 31.6 Å². The van der Waals surface area contributed by atoms with Crippen molar-refractivity contribution in [3.63, 3.8) is 0 Å². The maximum Gasteiger partial charge on any atom is 0.258 e. The Labute approximate surface area is 204 Å². The molecule has 3 heterocycles. The molecule has 0 saturated carbocycles. The second-order valence-corrected chi connectivity index (χ2v) is 8.75. The number of imidazole rings is 1. The van der Waals surface area contributed by atoms with E-state index in [0.717, 1.165) is 5.39 Å². The average molecular weight is 498 g/mol. The fourth-order valence-corrected chi connectivity index (χ4v) is 4.55. The number of para-hydroxylation sites is 1. The SMILES string of the molecule is Cn1c(Nc2c(Cl)cccc2Cl)nc2ccc3cc(/C=C\C(=O)N4CCOCC4)[nH]c(=O)c3c21. The molecule has 0 spiro atoms. The number of hydrogen-bond donors (Lipinski definition) is 2. The zero-order chi connectivity index (χ0) is 23.8. The predicted octanol–water partition coefficient (Wildman–Crippen LogP) is 4.34. The molecule has 2 aromatic heterocycles. The average Bonchev–Trinajstić information content (AvgIpc) is 3.15. The van der Waals surface area contributed by atoms with Crippen molar-refractivity contribution < 1.29 is 9.53 Å². The van der Waals surface area contributed by atoms with Gasteiger partial charge >= 0.3 is 0 Å². The molecule has 0 unspecified atom stereocenters. The van der Waals surface area contributed by atoms with Crippen molar-refractivity contribution in [2.24, 2.45) is 7.05 Å². The van der Waals surface area contributed by atoms with Crippen LogP contribution in [0.4, 0.5) is 11.6 Å². The minimum Gasteiger partial charge on any atom is -0.378 e. The summed E-state index contributed by atoms with van der Waals surface area (Å²) in [7, 11) is 1.82. The molecule has 0 radical (unpaired) electrons. The van der Waals surface area contributed by atoms with Crippen molar-refractivity contribution in [3.05, 3.63) is 68.6 Å². The van der Waals surface area contributed by atoms with E-state index in [0.29, 0.717) is 70.1 Å². The Balaban J connectivity index is 1.51. The largest absolute Gasteiger partial charge is 0.378 e. The van der Waals surface area contributed by atoms with Crippen LogP contribution in [0.1, 0.15) is 5.69 Å². The number of aryl methyl sites for hydroxylation is 1. The highest BCUT2D eigenvalue weighted by Gasteiger charge is 2.17. The molecular weight excluding hydrogens is 477 g/mol. The Morgan fingerprint density at radius 3 is 2.65 bits per heavy atom. The molecule has 10 heteroatoms. The third-order valence-electron chi connectivity index (χ3n) is 5.79. The van der Waals surface area contributed by atoms with Gasteiger partial charge in [-0.1, -0.05) is 35.3 Å². The third kappa shape index (κ3) is 4.16. The van der Waals surface area contributed by atoms with Crippen LogP contribution in [0.25, 0.3) is 27.9 Å². The number of halogens is 2. The van der Waals surface area contributed by atoms with Crippen LogP contribution in [0, 0.1) is 0 Å². The topological polar surface area (TPSA) is 92.2 Å². The molecular formula is C24H21Cl2N5O3. The van der Waals surface area contributed by atoms with Gasteiger partial charge in [-0.2, -0.15) is 0 Å². The summed E-state index contributed by atoms with van der Waals surface area (Å²) in [5, 5.41) is 5.34. The number of hydrogen-bond acceptors (Lipinski definition) is 5. The number of aromatic amines is 1. The minimum atomic E-state index is -0.271. The Morgan fingerprint density at radius 2 is 1.91 bits per heavy atom. The number of fused-ring (bicyclic) bond motifs is 3. The van der Waals surface area contributed by atoms with Gasteiger partial charge in [-0.05, 0) is 35.7 Å². The standard InChI is InChI=1S/C24H21Cl2N5O3/c1-30-22-18(28-24(30)29-21-16(25)3-2-4-17(21)26)7-5-14-13-15(27-23(33)20(14)22)6-8-19(32)31-9-11-34-12-10-31/h2-8,13H,9-12H2,1H3,(H,27,33)(H,28,29)/b8-6-. The van der Waals surface area contributed by atoms with Crippen molar-refractivity contribution in [1.82, 2.24) is 19.4 Å². The van der Waals surface area contributed by atoms with Gasteiger partial charge in [-0.25, -0.2) is 4.98 Å². The van der Waals surface area contributed by atoms with Crippen LogP contribution in [0.3, 0.4) is 0 Å². The number of nitrogens with zero attached hydrogens (tertiary/aromatic N) is 3. The highest BCUT2D eigenvalue weighted by atomic mass is 35.5. The van der Waals surface area contributed by atoms with Crippen LogP contribution in [0.5, 0.6) is 0 Å². The lowest BCUT2D eigenvalue weighted by atomic mass is 10.1. The Hall–Kier alpha value is -3.33. The first-order valence-electron chi connectivity index (χ1n) is 10.7. The van der Waals surface area contributed by atoms with E-state index in [-0.39, 0.29) is 11.5 Å². The second-order valence-electron chi connectivity index (χ2n) is 7.94. The number of nitrogens with one attached hydrogen (secondary N) is 2. The smallest absolute Gasteiger partial charge is 0.258 e. The Kier molecular flexibility index (Phi) is 6.03. The number of H-pyrrole nitrogens is 1. The monoisotopic (exact) mass is 497 g/mol. The second kappa shape index (κ2) is 9.13. The molecule has 1 aliphatic heterocycles. The van der Waals surface area contributed by atoms with Gasteiger partial charge in [0.15, 0.2) is 0 Å². The molecule has 4 aromatic rings. The van der Waals surface area contributed by atoms with E-state index < -0.39 is 0 Å². The van der Waals surface area contributed by atoms with Crippen LogP contribution in [-0.4, -0.2) is 51.6 Å². The maximum absolute atomic E-state index is 13.1. The summed E-state index contributed by atoms with van der Waals surface area (Å²) >= 11 is 12.6. The van der Waals surface area contributed by atoms with Gasteiger partial charge in [-0.15, -0.1) is 0 Å². The Bertz CT molecular complexity index is 1480. The van der Waals surface area contributed by atoms with Crippen LogP contribution < -0.4 is 10.9 Å². The van der Waals surface area contributed by atoms with Crippen molar-refractivity contribution >= 4 is 68.6 Å². The van der Waals surface area contributed by atoms with Gasteiger partial charge < -0.3 is 24.5 Å². The Morgan fingerprint density at radius 1 is 1.18 bits per heavy atom. The molecule has 5 rings (SSSR count). The fourth-order valence-electron chi connectivity index (χ4n) is 4.06. The van der Waals surface area contributed by atoms with E-state index in [1.807, 2.05) is 25.2 Å². The molecule has 0 atom stereocenters. The van der Waals surface area contributed by atoms with Crippen LogP contribution in [-0.2, 0) is 16.6 Å². The van der Waals surface area contributed by atoms with Crippen molar-refractivity contribution in [1.29, 1.82) is 0 Å². The van der Waals surface area contributed by atoms with E-state index in [1.54, 1.807) is 33.7 Å². The predicted molar refractivity (Wildman–Crippen MR) is 135 cm³/mol. The lowest BCUT2D eigenvalue weighted by Gasteiger charge is -2.25. The van der Waals surface area contributed by atoms with Crippen LogP contribution >= 0.6 is 23.2 Å². The van der Waals surface area contributed by atoms with Crippen LogP contribution in [0.15, 0.2) is 47.3 Å². The van der Waals surface area contributed by atoms with Gasteiger partial charge in [0.1, 0.15) is 0 Å². The number of pyridine rings is 1. The summed E-state index contributed by atoms with van der Waals surface area (Å²) in [5.41, 5.74) is 2.13. The highest BCUT2D eigenvalue weighted by molar-refractivity contribution is 6.39. The lowest BCUT2D eigenvalue weighted by Crippen LogP contribution is -2.39. The normalized spacial score (nSPS) is 14.4. The van der Waals surface area contributed by atoms with E-state index in [4.69, 9.17) is 27.9 Å². The van der Waals surface area contributed by atoms with Gasteiger partial charge in [0.25, 0.3) is 5.56 Å². The summed E-state index contributed by atoms with van der Waals surface area (Å²) in [6.45, 7) is 2.19.